The third-order valence-corrected chi connectivity index (χ3v) is 25.0. The molecule has 13 aromatic heterocycles. The summed E-state index contributed by atoms with van der Waals surface area (Å²) in [4.78, 5) is 114. The van der Waals surface area contributed by atoms with E-state index in [0.717, 1.165) is 160 Å². The van der Waals surface area contributed by atoms with Crippen molar-refractivity contribution in [1.82, 2.24) is 75.4 Å². The average molecular weight is 1720 g/mol. The summed E-state index contributed by atoms with van der Waals surface area (Å²) < 4.78 is 0. The maximum atomic E-state index is 12.5. The quantitative estimate of drug-likeness (QED) is 0.0427. The van der Waals surface area contributed by atoms with Crippen molar-refractivity contribution < 1.29 is 24.0 Å². The number of carbonyl (C=O) groups is 5. The number of nitrogens with zero attached hydrogens (tertiary/aromatic N) is 13. The van der Waals surface area contributed by atoms with Crippen LogP contribution in [0.25, 0.3) is 110 Å². The molecule has 4 unspecified atom stereocenters. The number of nitrogen functional groups attached to an aromatic ring is 5. The fourth-order valence-electron chi connectivity index (χ4n) is 17.0. The van der Waals surface area contributed by atoms with E-state index in [2.05, 4.69) is 160 Å². The van der Waals surface area contributed by atoms with Gasteiger partial charge < -0.3 is 80.8 Å². The number of amides is 5. The number of aromatic nitrogens is 13. The number of aryl methyl sites for hydroxylation is 2. The van der Waals surface area contributed by atoms with E-state index in [1.807, 2.05) is 128 Å². The average Bonchev–Trinajstić information content (AvgIpc) is 1.56. The molecule has 5 saturated carbocycles. The lowest BCUT2D eigenvalue weighted by molar-refractivity contribution is -0.119. The van der Waals surface area contributed by atoms with Crippen LogP contribution >= 0.6 is 0 Å². The molecule has 33 nitrogen and oxygen atoms in total. The number of nitrogens with one attached hydrogen (secondary N) is 10. The largest absolute Gasteiger partial charge is 0.383 e. The fourth-order valence-corrected chi connectivity index (χ4v) is 17.0. The van der Waals surface area contributed by atoms with E-state index < -0.39 is 0 Å². The van der Waals surface area contributed by atoms with Crippen molar-refractivity contribution >= 4 is 142 Å². The number of H-pyrrole nitrogens is 3. The molecule has 33 heteroatoms. The Hall–Kier alpha value is -16.2. The molecule has 1 spiro atoms. The van der Waals surface area contributed by atoms with Crippen LogP contribution in [-0.4, -0.2) is 121 Å². The lowest BCUT2D eigenvalue weighted by Gasteiger charge is -2.28. The summed E-state index contributed by atoms with van der Waals surface area (Å²) in [6, 6.07) is 47.1. The molecular weight excluding hydrogens is 1630 g/mol. The molecule has 9 atom stereocenters. The number of aromatic amines is 3. The Morgan fingerprint density at radius 2 is 0.760 bits per heavy atom. The minimum Gasteiger partial charge on any atom is -0.383 e. The van der Waals surface area contributed by atoms with Gasteiger partial charge in [-0.2, -0.15) is 15.8 Å². The van der Waals surface area contributed by atoms with Crippen LogP contribution in [0.2, 0.25) is 0 Å². The van der Waals surface area contributed by atoms with Crippen LogP contribution in [0.15, 0.2) is 189 Å². The van der Waals surface area contributed by atoms with E-state index in [1.54, 1.807) is 49.2 Å². The van der Waals surface area contributed by atoms with Crippen molar-refractivity contribution in [2.24, 2.45) is 64.6 Å². The minimum absolute atomic E-state index is 0.0597. The number of benzene rings is 2. The maximum Gasteiger partial charge on any atom is 0.230 e. The van der Waals surface area contributed by atoms with Crippen molar-refractivity contribution in [2.75, 3.05) is 81.4 Å². The zero-order valence-corrected chi connectivity index (χ0v) is 70.6. The number of hydrogen-bond acceptors (Lipinski definition) is 25. The summed E-state index contributed by atoms with van der Waals surface area (Å²) in [7, 11) is 0. The monoisotopic (exact) mass is 1710 g/mol. The second-order valence-corrected chi connectivity index (χ2v) is 34.1. The normalized spacial score (nSPS) is 19.9. The van der Waals surface area contributed by atoms with Gasteiger partial charge in [0.15, 0.2) is 0 Å². The molecule has 15 aromatic rings. The fraction of sp³-hybridized carbons (Fsp3) is 0.250. The van der Waals surface area contributed by atoms with Gasteiger partial charge in [-0.05, 0) is 187 Å². The zero-order chi connectivity index (χ0) is 89.6. The molecule has 0 radical (unpaired) electrons. The summed E-state index contributed by atoms with van der Waals surface area (Å²) in [5, 5.41) is 55.5. The lowest BCUT2D eigenvalue weighted by atomic mass is 9.96. The van der Waals surface area contributed by atoms with Gasteiger partial charge in [-0.15, -0.1) is 0 Å². The number of anilines is 10. The van der Waals surface area contributed by atoms with E-state index in [1.165, 1.54) is 0 Å². The second-order valence-electron chi connectivity index (χ2n) is 34.1. The van der Waals surface area contributed by atoms with Gasteiger partial charge >= 0.3 is 0 Å². The maximum absolute atomic E-state index is 12.5. The van der Waals surface area contributed by atoms with Crippen molar-refractivity contribution in [3.8, 4) is 74.5 Å². The summed E-state index contributed by atoms with van der Waals surface area (Å²) in [5.41, 5.74) is 43.0. The van der Waals surface area contributed by atoms with Crippen LogP contribution in [0.5, 0.6) is 0 Å². The summed E-state index contributed by atoms with van der Waals surface area (Å²) in [6.07, 6.45) is 20.2. The predicted octanol–water partition coefficient (Wildman–Crippen LogP) is 13.4. The van der Waals surface area contributed by atoms with Crippen molar-refractivity contribution in [2.45, 2.75) is 59.3 Å². The highest BCUT2D eigenvalue weighted by molar-refractivity contribution is 6.04. The van der Waals surface area contributed by atoms with Gasteiger partial charge in [-0.25, -0.2) is 49.8 Å². The number of nitriles is 3. The number of rotatable bonds is 16. The highest BCUT2D eigenvalue weighted by Gasteiger charge is 2.61. The molecule has 22 rings (SSSR count). The zero-order valence-electron chi connectivity index (χ0n) is 70.6. The Bertz CT molecular complexity index is 6790. The topological polar surface area (TPSA) is 547 Å². The van der Waals surface area contributed by atoms with Gasteiger partial charge in [0, 0.05) is 153 Å². The first kappa shape index (κ1) is 83.7. The number of hydrogen-bond donors (Lipinski definition) is 15. The van der Waals surface area contributed by atoms with E-state index in [4.69, 9.17) is 44.5 Å². The van der Waals surface area contributed by atoms with Crippen molar-refractivity contribution in [3.63, 3.8) is 0 Å². The van der Waals surface area contributed by atoms with Gasteiger partial charge in [-0.3, -0.25) is 24.0 Å². The summed E-state index contributed by atoms with van der Waals surface area (Å²) >= 11 is 0. The smallest absolute Gasteiger partial charge is 0.230 e. The van der Waals surface area contributed by atoms with Gasteiger partial charge in [-0.1, -0.05) is 62.4 Å². The highest BCUT2D eigenvalue weighted by Crippen LogP contribution is 2.56. The molecule has 2 aromatic carbocycles. The van der Waals surface area contributed by atoms with E-state index >= 15 is 0 Å². The van der Waals surface area contributed by atoms with Crippen LogP contribution in [-0.2, 0) is 24.0 Å². The standard InChI is InChI=1S/2C21H21N5O.C20H20N6O.2C17H14N6O/c1-12-4-2-3-5-14(12)17-6-13-7-18(24-9-15(13)19(22)25-17)26-20(27)16-8-21(16)10-23-11-21;1-11-4-2-3-5-13(11)17-6-12-7-18(24-10-14(12)20(22)25-17)26-21(27)19-15-8-23-9-16(15)19;1-10(2)18-13(3-4-23-18)16-6-11-7-17(24-9-15(11)19(22)25-16)26-20(27)14-5-12(14)8-21;2*18-6-11-3-12(11)17(24)23-15-5-10-4-14(9-1-2-20-7-9)22-16(19)13(10)8-21-15/h2-7,9,16,23H,8,10-11H2,1H3,(H2,22,25)(H,24,26,27);2-7,10,15-16,19,23H,8-9H2,1H3,(H2,22,25)(H,24,26,27);3-4,6-7,9-10,12,14,23H,5H2,1-2H3,(H2,22,25)(H,24,26,27);2*1-2,4-5,7-8,11-12,20H,3H2,(H2,19,22)(H,21,23,24)/t;;12-,14+;11-,12?;11-,12+/m..010/s1. The second kappa shape index (κ2) is 34.7. The van der Waals surface area contributed by atoms with Crippen LogP contribution < -0.4 is 65.9 Å². The Morgan fingerprint density at radius 1 is 0.419 bits per heavy atom. The van der Waals surface area contributed by atoms with Crippen LogP contribution in [0.3, 0.4) is 0 Å². The number of carbonyl (C=O) groups excluding carboxylic acids is 5. The van der Waals surface area contributed by atoms with Gasteiger partial charge in [0.05, 0.1) is 82.2 Å². The van der Waals surface area contributed by atoms with Crippen molar-refractivity contribution in [1.29, 1.82) is 15.8 Å². The first-order valence-corrected chi connectivity index (χ1v) is 42.5. The number of piperidine rings is 1. The molecule has 129 heavy (non-hydrogen) atoms. The summed E-state index contributed by atoms with van der Waals surface area (Å²) in [5.74, 6) is 4.44. The number of fused-ring (bicyclic) bond motifs is 6. The highest BCUT2D eigenvalue weighted by atomic mass is 16.2. The SMILES string of the molecule is CC(C)c1[nH]ccc1-c1cc2cc(NC(=O)[C@@H]3C[C@H]3C#N)ncc2c(N)n1.Cc1ccccc1-c1cc2cc(NC(=O)C3C4CNCC43)ncc2c(N)n1.Cc1ccccc1-c1cc2cc(NC(=O)C3CC34CNC4)ncc2c(N)n1.N#C[C@@H]1C[C@H]1C(=O)Nc1cc2cc(-c3cc[nH]c3)nc(N)c2cn1.N#C[C@H]1CC1C(=O)Nc1cc2cc(-c3cc[nH]c3)nc(N)c2cn1. The molecule has 5 aliphatic carbocycles. The van der Waals surface area contributed by atoms with Crippen LogP contribution in [0.1, 0.15) is 62.3 Å². The van der Waals surface area contributed by atoms with Gasteiger partial charge in [0.2, 0.25) is 29.5 Å². The van der Waals surface area contributed by atoms with Gasteiger partial charge in [0.25, 0.3) is 0 Å². The number of nitrogens with two attached hydrogens (primary N) is 5. The van der Waals surface area contributed by atoms with Crippen LogP contribution in [0, 0.1) is 112 Å². The van der Waals surface area contributed by atoms with Gasteiger partial charge in [0.1, 0.15) is 58.2 Å². The molecule has 7 aliphatic rings. The van der Waals surface area contributed by atoms with E-state index in [-0.39, 0.29) is 82.3 Å². The first-order valence-electron chi connectivity index (χ1n) is 42.5. The molecule has 0 bridgehead atoms. The lowest BCUT2D eigenvalue weighted by Crippen LogP contribution is -2.46. The molecule has 2 saturated heterocycles. The molecular formula is C96H90N28O5. The van der Waals surface area contributed by atoms with Crippen LogP contribution in [0.4, 0.5) is 58.2 Å². The van der Waals surface area contributed by atoms with E-state index in [9.17, 15) is 24.0 Å². The van der Waals surface area contributed by atoms with Crippen molar-refractivity contribution in [3.05, 3.63) is 206 Å². The third-order valence-electron chi connectivity index (χ3n) is 25.0. The molecule has 5 amide bonds. The molecule has 2 aliphatic heterocycles. The van der Waals surface area contributed by atoms with E-state index in [0.29, 0.717) is 95.2 Å². The Morgan fingerprint density at radius 3 is 1.08 bits per heavy atom. The first-order chi connectivity index (χ1) is 62.4. The third kappa shape index (κ3) is 17.7. The molecule has 644 valence electrons. The predicted molar refractivity (Wildman–Crippen MR) is 495 cm³/mol. The molecule has 15 heterocycles. The Labute approximate surface area is 738 Å². The Kier molecular flexibility index (Phi) is 22.5. The number of pyridine rings is 10. The summed E-state index contributed by atoms with van der Waals surface area (Å²) in [6.45, 7) is 12.1. The molecule has 20 N–H and O–H groups in total. The minimum atomic E-state index is -0.237. The Balaban J connectivity index is 0.000000109. The molecule has 7 fully saturated rings.